The van der Waals surface area contributed by atoms with Crippen LogP contribution in [0.1, 0.15) is 37.0 Å². The number of hydrogen-bond donors (Lipinski definition) is 1. The molecule has 18 heavy (non-hydrogen) atoms. The van der Waals surface area contributed by atoms with E-state index in [0.717, 1.165) is 5.56 Å². The van der Waals surface area contributed by atoms with Crippen LogP contribution in [0, 0.1) is 5.92 Å². The van der Waals surface area contributed by atoms with Crippen molar-refractivity contribution in [1.82, 2.24) is 15.1 Å². The smallest absolute Gasteiger partial charge is 0.231 e. The maximum absolute atomic E-state index is 5.73. The van der Waals surface area contributed by atoms with Crippen LogP contribution in [0.2, 0.25) is 0 Å². The molecule has 0 aliphatic heterocycles. The van der Waals surface area contributed by atoms with E-state index in [2.05, 4.69) is 29.0 Å². The van der Waals surface area contributed by atoms with Gasteiger partial charge in [-0.15, -0.1) is 0 Å². The van der Waals surface area contributed by atoms with Crippen LogP contribution in [0.15, 0.2) is 29.0 Å². The molecule has 2 aromatic rings. The Hall–Kier alpha value is -1.75. The average molecular weight is 246 g/mol. The molecule has 0 saturated carbocycles. The van der Waals surface area contributed by atoms with Crippen molar-refractivity contribution in [2.75, 3.05) is 6.54 Å². The lowest BCUT2D eigenvalue weighted by molar-refractivity contribution is 0.322. The van der Waals surface area contributed by atoms with Gasteiger partial charge >= 0.3 is 0 Å². The van der Waals surface area contributed by atoms with E-state index in [1.807, 2.05) is 12.1 Å². The first kappa shape index (κ1) is 12.7. The first-order valence-electron chi connectivity index (χ1n) is 6.12. The van der Waals surface area contributed by atoms with Gasteiger partial charge in [0, 0.05) is 25.4 Å². The molecule has 0 bridgehead atoms. The summed E-state index contributed by atoms with van der Waals surface area (Å²) in [6.07, 6.45) is 4.18. The summed E-state index contributed by atoms with van der Waals surface area (Å²) in [6.45, 7) is 4.72. The van der Waals surface area contributed by atoms with Crippen LogP contribution in [0.3, 0.4) is 0 Å². The Kier molecular flexibility index (Phi) is 4.04. The minimum Gasteiger partial charge on any atom is -0.339 e. The lowest BCUT2D eigenvalue weighted by atomic mass is 9.96. The maximum atomic E-state index is 5.73. The van der Waals surface area contributed by atoms with E-state index in [-0.39, 0.29) is 5.92 Å². The Balaban J connectivity index is 2.11. The molecule has 1 unspecified atom stereocenters. The molecule has 1 atom stereocenters. The lowest BCUT2D eigenvalue weighted by Crippen LogP contribution is -2.18. The van der Waals surface area contributed by atoms with Crippen LogP contribution in [0.25, 0.3) is 0 Å². The van der Waals surface area contributed by atoms with Crippen LogP contribution in [-0.2, 0) is 6.42 Å². The third-order valence-corrected chi connectivity index (χ3v) is 2.94. The molecule has 5 nitrogen and oxygen atoms in total. The van der Waals surface area contributed by atoms with Crippen molar-refractivity contribution in [3.63, 3.8) is 0 Å². The van der Waals surface area contributed by atoms with Crippen molar-refractivity contribution < 1.29 is 4.52 Å². The first-order chi connectivity index (χ1) is 8.70. The minimum absolute atomic E-state index is 0.125. The largest absolute Gasteiger partial charge is 0.339 e. The molecule has 0 saturated heterocycles. The lowest BCUT2D eigenvalue weighted by Gasteiger charge is -2.13. The van der Waals surface area contributed by atoms with Crippen molar-refractivity contribution in [2.24, 2.45) is 11.7 Å². The van der Waals surface area contributed by atoms with E-state index in [4.69, 9.17) is 10.3 Å². The van der Waals surface area contributed by atoms with Crippen LogP contribution in [0.5, 0.6) is 0 Å². The molecule has 0 aliphatic rings. The number of nitrogens with two attached hydrogens (primary N) is 1. The third kappa shape index (κ3) is 2.92. The molecule has 2 heterocycles. The van der Waals surface area contributed by atoms with Crippen molar-refractivity contribution in [3.05, 3.63) is 41.8 Å². The molecule has 0 aromatic carbocycles. The minimum atomic E-state index is 0.125. The molecule has 96 valence electrons. The second-order valence-electron chi connectivity index (χ2n) is 4.67. The summed E-state index contributed by atoms with van der Waals surface area (Å²) >= 11 is 0. The number of rotatable bonds is 5. The fourth-order valence-corrected chi connectivity index (χ4v) is 1.83. The molecule has 0 fully saturated rings. The van der Waals surface area contributed by atoms with E-state index in [1.54, 1.807) is 12.4 Å². The maximum Gasteiger partial charge on any atom is 0.231 e. The van der Waals surface area contributed by atoms with Gasteiger partial charge in [0.15, 0.2) is 5.82 Å². The standard InChI is InChI=1S/C13H18N4O/c1-9(2)11(7-14)13-16-12(17-18-13)6-10-4-3-5-15-8-10/h3-5,8-9,11H,6-7,14H2,1-2H3. The van der Waals surface area contributed by atoms with Crippen LogP contribution in [-0.4, -0.2) is 21.7 Å². The summed E-state index contributed by atoms with van der Waals surface area (Å²) in [6, 6.07) is 3.89. The molecule has 5 heteroatoms. The van der Waals surface area contributed by atoms with E-state index in [9.17, 15) is 0 Å². The third-order valence-electron chi connectivity index (χ3n) is 2.94. The SMILES string of the molecule is CC(C)C(CN)c1nc(Cc2cccnc2)no1. The zero-order valence-electron chi connectivity index (χ0n) is 10.7. The number of hydrogen-bond acceptors (Lipinski definition) is 5. The Labute approximate surface area is 106 Å². The summed E-state index contributed by atoms with van der Waals surface area (Å²) in [5.74, 6) is 1.82. The van der Waals surface area contributed by atoms with Gasteiger partial charge in [0.05, 0.1) is 5.92 Å². The quantitative estimate of drug-likeness (QED) is 0.869. The van der Waals surface area contributed by atoms with Gasteiger partial charge in [-0.2, -0.15) is 4.98 Å². The van der Waals surface area contributed by atoms with Crippen molar-refractivity contribution in [2.45, 2.75) is 26.2 Å². The molecule has 0 aliphatic carbocycles. The van der Waals surface area contributed by atoms with Gasteiger partial charge in [-0.3, -0.25) is 4.98 Å². The Morgan fingerprint density at radius 3 is 2.83 bits per heavy atom. The van der Waals surface area contributed by atoms with E-state index in [0.29, 0.717) is 30.6 Å². The van der Waals surface area contributed by atoms with Gasteiger partial charge in [-0.05, 0) is 17.5 Å². The van der Waals surface area contributed by atoms with Crippen LogP contribution >= 0.6 is 0 Å². The second-order valence-corrected chi connectivity index (χ2v) is 4.67. The first-order valence-corrected chi connectivity index (χ1v) is 6.12. The highest BCUT2D eigenvalue weighted by Gasteiger charge is 2.20. The molecule has 0 amide bonds. The van der Waals surface area contributed by atoms with Crippen LogP contribution < -0.4 is 5.73 Å². The predicted molar refractivity (Wildman–Crippen MR) is 68.0 cm³/mol. The molecular weight excluding hydrogens is 228 g/mol. The van der Waals surface area contributed by atoms with Gasteiger partial charge in [-0.1, -0.05) is 25.1 Å². The van der Waals surface area contributed by atoms with Gasteiger partial charge < -0.3 is 10.3 Å². The van der Waals surface area contributed by atoms with Crippen molar-refractivity contribution in [3.8, 4) is 0 Å². The Bertz CT molecular complexity index is 481. The highest BCUT2D eigenvalue weighted by atomic mass is 16.5. The molecule has 0 radical (unpaired) electrons. The fraction of sp³-hybridized carbons (Fsp3) is 0.462. The monoisotopic (exact) mass is 246 g/mol. The highest BCUT2D eigenvalue weighted by Crippen LogP contribution is 2.21. The Morgan fingerprint density at radius 2 is 2.22 bits per heavy atom. The van der Waals surface area contributed by atoms with E-state index >= 15 is 0 Å². The van der Waals surface area contributed by atoms with Crippen molar-refractivity contribution >= 4 is 0 Å². The molecule has 2 N–H and O–H groups in total. The highest BCUT2D eigenvalue weighted by molar-refractivity contribution is 5.14. The second kappa shape index (κ2) is 5.73. The zero-order valence-corrected chi connectivity index (χ0v) is 10.7. The summed E-state index contributed by atoms with van der Waals surface area (Å²) < 4.78 is 5.29. The van der Waals surface area contributed by atoms with Crippen molar-refractivity contribution in [1.29, 1.82) is 0 Å². The molecule has 0 spiro atoms. The molecular formula is C13H18N4O. The number of pyridine rings is 1. The van der Waals surface area contributed by atoms with Crippen LogP contribution in [0.4, 0.5) is 0 Å². The molecule has 2 rings (SSSR count). The summed E-state index contributed by atoms with van der Waals surface area (Å²) in [4.78, 5) is 8.47. The predicted octanol–water partition coefficient (Wildman–Crippen LogP) is 1.75. The van der Waals surface area contributed by atoms with Gasteiger partial charge in [0.2, 0.25) is 5.89 Å². The normalized spacial score (nSPS) is 12.9. The zero-order chi connectivity index (χ0) is 13.0. The fourth-order valence-electron chi connectivity index (χ4n) is 1.83. The molecule has 2 aromatic heterocycles. The summed E-state index contributed by atoms with van der Waals surface area (Å²) in [5.41, 5.74) is 6.80. The van der Waals surface area contributed by atoms with E-state index in [1.165, 1.54) is 0 Å². The number of aromatic nitrogens is 3. The van der Waals surface area contributed by atoms with Gasteiger partial charge in [-0.25, -0.2) is 0 Å². The van der Waals surface area contributed by atoms with Gasteiger partial charge in [0.1, 0.15) is 0 Å². The summed E-state index contributed by atoms with van der Waals surface area (Å²) in [7, 11) is 0. The van der Waals surface area contributed by atoms with E-state index < -0.39 is 0 Å². The summed E-state index contributed by atoms with van der Waals surface area (Å²) in [5, 5.41) is 3.99. The number of nitrogens with zero attached hydrogens (tertiary/aromatic N) is 3. The Morgan fingerprint density at radius 1 is 1.39 bits per heavy atom. The topological polar surface area (TPSA) is 77.8 Å². The van der Waals surface area contributed by atoms with Gasteiger partial charge in [0.25, 0.3) is 0 Å². The average Bonchev–Trinajstić information content (AvgIpc) is 2.79.